The molecule has 0 saturated heterocycles. The van der Waals surface area contributed by atoms with E-state index in [-0.39, 0.29) is 23.8 Å². The SMILES string of the molecule is Cc1c(CCOc2c(-c3ccc4ncc(NCCN)n4c3)ccc(F)c2F)c(C(N)C(C)(C)C)nn1C. The molecule has 1 aromatic carbocycles. The molecule has 0 amide bonds. The number of benzene rings is 1. The van der Waals surface area contributed by atoms with Crippen LogP contribution >= 0.6 is 0 Å². The van der Waals surface area contributed by atoms with Crippen molar-refractivity contribution in [1.29, 1.82) is 0 Å². The van der Waals surface area contributed by atoms with Crippen molar-refractivity contribution < 1.29 is 13.5 Å². The Labute approximate surface area is 215 Å². The van der Waals surface area contributed by atoms with Crippen LogP contribution in [0.25, 0.3) is 16.8 Å². The number of halogens is 2. The fraction of sp³-hybridized carbons (Fsp3) is 0.407. The molecule has 0 aliphatic heterocycles. The fourth-order valence-corrected chi connectivity index (χ4v) is 4.27. The van der Waals surface area contributed by atoms with Crippen LogP contribution in [0.15, 0.2) is 36.7 Å². The van der Waals surface area contributed by atoms with Gasteiger partial charge in [-0.2, -0.15) is 9.49 Å². The topological polar surface area (TPSA) is 108 Å². The average molecular weight is 512 g/mol. The number of fused-ring (bicyclic) bond motifs is 1. The van der Waals surface area contributed by atoms with Crippen LogP contribution in [0.2, 0.25) is 0 Å². The molecular formula is C27H35F2N7O. The highest BCUT2D eigenvalue weighted by Gasteiger charge is 2.28. The highest BCUT2D eigenvalue weighted by atomic mass is 19.2. The molecule has 4 aromatic rings. The zero-order valence-corrected chi connectivity index (χ0v) is 22.0. The summed E-state index contributed by atoms with van der Waals surface area (Å²) in [6, 6.07) is 5.96. The van der Waals surface area contributed by atoms with Gasteiger partial charge in [0.05, 0.1) is 24.5 Å². The van der Waals surface area contributed by atoms with Crippen LogP contribution in [0.3, 0.4) is 0 Å². The first-order valence-electron chi connectivity index (χ1n) is 12.3. The second-order valence-corrected chi connectivity index (χ2v) is 10.3. The molecule has 0 saturated carbocycles. The van der Waals surface area contributed by atoms with E-state index in [1.165, 1.54) is 6.07 Å². The van der Waals surface area contributed by atoms with Crippen molar-refractivity contribution in [2.45, 2.75) is 40.2 Å². The summed E-state index contributed by atoms with van der Waals surface area (Å²) in [7, 11) is 1.87. The van der Waals surface area contributed by atoms with Gasteiger partial charge < -0.3 is 21.5 Å². The molecule has 0 aliphatic rings. The number of nitrogens with one attached hydrogen (secondary N) is 1. The maximum atomic E-state index is 15.0. The Bertz CT molecular complexity index is 1400. The van der Waals surface area contributed by atoms with Crippen LogP contribution in [0.4, 0.5) is 14.6 Å². The first-order chi connectivity index (χ1) is 17.5. The van der Waals surface area contributed by atoms with Gasteiger partial charge in [-0.15, -0.1) is 0 Å². The van der Waals surface area contributed by atoms with E-state index in [0.29, 0.717) is 36.3 Å². The van der Waals surface area contributed by atoms with Crippen LogP contribution in [-0.2, 0) is 13.5 Å². The maximum absolute atomic E-state index is 15.0. The second-order valence-electron chi connectivity index (χ2n) is 10.3. The van der Waals surface area contributed by atoms with Gasteiger partial charge in [-0.05, 0) is 36.6 Å². The largest absolute Gasteiger partial charge is 0.489 e. The molecule has 0 spiro atoms. The van der Waals surface area contributed by atoms with E-state index in [2.05, 4.69) is 36.2 Å². The number of pyridine rings is 1. The summed E-state index contributed by atoms with van der Waals surface area (Å²) in [5, 5.41) is 7.84. The summed E-state index contributed by atoms with van der Waals surface area (Å²) in [5.74, 6) is -1.39. The number of hydrogen-bond acceptors (Lipinski definition) is 6. The third kappa shape index (κ3) is 5.30. The van der Waals surface area contributed by atoms with Crippen molar-refractivity contribution in [3.05, 3.63) is 65.2 Å². The minimum absolute atomic E-state index is 0.125. The Kier molecular flexibility index (Phi) is 7.52. The maximum Gasteiger partial charge on any atom is 0.201 e. The standard InChI is InChI=1S/C27H35F2N7O/c1-16-18(24(34-35(16)5)26(31)27(2,3)4)10-13-37-25-19(7-8-20(28)23(25)29)17-6-9-21-33-14-22(32-12-11-30)36(21)15-17/h6-9,14-15,26,32H,10-13,30-31H2,1-5H3. The molecule has 0 bridgehead atoms. The van der Waals surface area contributed by atoms with Crippen LogP contribution in [0.1, 0.15) is 43.8 Å². The van der Waals surface area contributed by atoms with Gasteiger partial charge in [0.25, 0.3) is 0 Å². The molecule has 8 nitrogen and oxygen atoms in total. The number of hydrogen-bond donors (Lipinski definition) is 3. The van der Waals surface area contributed by atoms with Gasteiger partial charge in [-0.1, -0.05) is 20.8 Å². The third-order valence-corrected chi connectivity index (χ3v) is 6.63. The van der Waals surface area contributed by atoms with E-state index in [1.54, 1.807) is 16.9 Å². The summed E-state index contributed by atoms with van der Waals surface area (Å²) < 4.78 is 38.9. The summed E-state index contributed by atoms with van der Waals surface area (Å²) in [6.45, 7) is 9.31. The first kappa shape index (κ1) is 26.6. The molecular weight excluding hydrogens is 476 g/mol. The van der Waals surface area contributed by atoms with Gasteiger partial charge in [0, 0.05) is 55.1 Å². The van der Waals surface area contributed by atoms with Crippen molar-refractivity contribution >= 4 is 11.5 Å². The Hall–Kier alpha value is -3.50. The van der Waals surface area contributed by atoms with Gasteiger partial charge in [0.1, 0.15) is 11.5 Å². The normalized spacial score (nSPS) is 12.8. The molecule has 4 rings (SSSR count). The summed E-state index contributed by atoms with van der Waals surface area (Å²) in [6.07, 6.45) is 3.96. The Balaban J connectivity index is 1.64. The molecule has 3 heterocycles. The van der Waals surface area contributed by atoms with Crippen molar-refractivity contribution in [2.75, 3.05) is 25.0 Å². The van der Waals surface area contributed by atoms with Gasteiger partial charge >= 0.3 is 0 Å². The van der Waals surface area contributed by atoms with Gasteiger partial charge in [0.15, 0.2) is 11.6 Å². The zero-order chi connectivity index (χ0) is 26.9. The molecule has 10 heteroatoms. The van der Waals surface area contributed by atoms with E-state index in [0.717, 1.165) is 28.8 Å². The van der Waals surface area contributed by atoms with Crippen LogP contribution in [0.5, 0.6) is 5.75 Å². The molecule has 37 heavy (non-hydrogen) atoms. The lowest BCUT2D eigenvalue weighted by Crippen LogP contribution is -2.28. The predicted molar refractivity (Wildman–Crippen MR) is 142 cm³/mol. The molecule has 0 fully saturated rings. The number of aromatic nitrogens is 4. The molecule has 0 aliphatic carbocycles. The van der Waals surface area contributed by atoms with Crippen LogP contribution in [0, 0.1) is 24.0 Å². The highest BCUT2D eigenvalue weighted by Crippen LogP contribution is 2.36. The van der Waals surface area contributed by atoms with E-state index >= 15 is 4.39 Å². The number of ether oxygens (including phenoxy) is 1. The predicted octanol–water partition coefficient (Wildman–Crippen LogP) is 4.36. The van der Waals surface area contributed by atoms with E-state index in [1.807, 2.05) is 30.6 Å². The van der Waals surface area contributed by atoms with E-state index in [9.17, 15) is 4.39 Å². The van der Waals surface area contributed by atoms with Crippen molar-refractivity contribution in [1.82, 2.24) is 19.2 Å². The number of aryl methyl sites for hydroxylation is 1. The second kappa shape index (κ2) is 10.5. The Morgan fingerprint density at radius 3 is 2.62 bits per heavy atom. The number of nitrogens with two attached hydrogens (primary N) is 2. The summed E-state index contributed by atoms with van der Waals surface area (Å²) in [5.41, 5.74) is 16.4. The van der Waals surface area contributed by atoms with Crippen LogP contribution < -0.4 is 21.5 Å². The average Bonchev–Trinajstić information content (AvgIpc) is 3.39. The summed E-state index contributed by atoms with van der Waals surface area (Å²) >= 11 is 0. The van der Waals surface area contributed by atoms with Gasteiger partial charge in [-0.25, -0.2) is 9.37 Å². The zero-order valence-electron chi connectivity index (χ0n) is 22.0. The molecule has 5 N–H and O–H groups in total. The van der Waals surface area contributed by atoms with E-state index in [4.69, 9.17) is 16.2 Å². The van der Waals surface area contributed by atoms with E-state index < -0.39 is 11.6 Å². The first-order valence-corrected chi connectivity index (χ1v) is 12.3. The van der Waals surface area contributed by atoms with Crippen molar-refractivity contribution in [3.63, 3.8) is 0 Å². The number of nitrogens with zero attached hydrogens (tertiary/aromatic N) is 4. The van der Waals surface area contributed by atoms with Gasteiger partial charge in [-0.3, -0.25) is 9.08 Å². The van der Waals surface area contributed by atoms with Gasteiger partial charge in [0.2, 0.25) is 5.82 Å². The third-order valence-electron chi connectivity index (χ3n) is 6.63. The van der Waals surface area contributed by atoms with Crippen molar-refractivity contribution in [3.8, 4) is 16.9 Å². The minimum atomic E-state index is -1.03. The summed E-state index contributed by atoms with van der Waals surface area (Å²) in [4.78, 5) is 4.37. The van der Waals surface area contributed by atoms with Crippen molar-refractivity contribution in [2.24, 2.45) is 23.9 Å². The lowest BCUT2D eigenvalue weighted by Gasteiger charge is -2.26. The number of imidazole rings is 1. The number of rotatable bonds is 9. The molecule has 198 valence electrons. The monoisotopic (exact) mass is 511 g/mol. The Morgan fingerprint density at radius 1 is 1.16 bits per heavy atom. The molecule has 1 atom stereocenters. The lowest BCUT2D eigenvalue weighted by atomic mass is 9.83. The molecule has 3 aromatic heterocycles. The Morgan fingerprint density at radius 2 is 1.92 bits per heavy atom. The number of anilines is 1. The fourth-order valence-electron chi connectivity index (χ4n) is 4.27. The highest BCUT2D eigenvalue weighted by molar-refractivity contribution is 5.72. The lowest BCUT2D eigenvalue weighted by molar-refractivity contribution is 0.295. The molecule has 0 radical (unpaired) electrons. The molecule has 1 unspecified atom stereocenters. The smallest absolute Gasteiger partial charge is 0.201 e. The quantitative estimate of drug-likeness (QED) is 0.308. The van der Waals surface area contributed by atoms with Crippen LogP contribution in [-0.4, -0.2) is 38.9 Å². The minimum Gasteiger partial charge on any atom is -0.489 e.